The monoisotopic (exact) mass is 195 g/mol. The van der Waals surface area contributed by atoms with Crippen molar-refractivity contribution in [2.45, 2.75) is 38.6 Å². The van der Waals surface area contributed by atoms with Gasteiger partial charge in [-0.05, 0) is 51.5 Å². The predicted octanol–water partition coefficient (Wildman–Crippen LogP) is 1.94. The Balaban J connectivity index is 1.98. The largest absolute Gasteiger partial charge is 0.303 e. The molecule has 2 aliphatic rings. The molecule has 1 saturated heterocycles. The summed E-state index contributed by atoms with van der Waals surface area (Å²) in [6.45, 7) is 3.55. The molecule has 1 aliphatic heterocycles. The number of likely N-dealkylation sites (tertiary alicyclic amines) is 1. The van der Waals surface area contributed by atoms with Gasteiger partial charge in [0, 0.05) is 18.5 Å². The van der Waals surface area contributed by atoms with Gasteiger partial charge in [0.2, 0.25) is 0 Å². The van der Waals surface area contributed by atoms with Crippen LogP contribution in [-0.4, -0.2) is 30.8 Å². The van der Waals surface area contributed by atoms with Gasteiger partial charge >= 0.3 is 0 Å². The Kier molecular flexibility index (Phi) is 2.91. The zero-order valence-corrected chi connectivity index (χ0v) is 9.28. The summed E-state index contributed by atoms with van der Waals surface area (Å²) in [6.07, 6.45) is 6.04. The van der Waals surface area contributed by atoms with Crippen molar-refractivity contribution in [1.29, 1.82) is 0 Å². The van der Waals surface area contributed by atoms with Crippen molar-refractivity contribution in [1.82, 2.24) is 4.90 Å². The molecule has 0 radical (unpaired) electrons. The maximum Gasteiger partial charge on any atom is 0.123 e. The lowest BCUT2D eigenvalue weighted by Gasteiger charge is -2.44. The number of nitrogens with zero attached hydrogens (tertiary/aromatic N) is 1. The van der Waals surface area contributed by atoms with Crippen LogP contribution in [0.15, 0.2) is 0 Å². The van der Waals surface area contributed by atoms with Crippen LogP contribution in [0, 0.1) is 17.8 Å². The van der Waals surface area contributed by atoms with Gasteiger partial charge in [0.15, 0.2) is 0 Å². The summed E-state index contributed by atoms with van der Waals surface area (Å²) in [4.78, 5) is 13.2. The highest BCUT2D eigenvalue weighted by Gasteiger charge is 2.36. The normalized spacial score (nSPS) is 44.4. The van der Waals surface area contributed by atoms with Crippen molar-refractivity contribution >= 4 is 6.29 Å². The molecule has 2 heteroatoms. The summed E-state index contributed by atoms with van der Waals surface area (Å²) in [5, 5.41) is 0. The molecule has 80 valence electrons. The Morgan fingerprint density at radius 3 is 2.71 bits per heavy atom. The topological polar surface area (TPSA) is 20.3 Å². The van der Waals surface area contributed by atoms with Crippen molar-refractivity contribution in [2.24, 2.45) is 17.8 Å². The van der Waals surface area contributed by atoms with Gasteiger partial charge in [0.25, 0.3) is 0 Å². The van der Waals surface area contributed by atoms with Crippen LogP contribution in [0.3, 0.4) is 0 Å². The second-order valence-corrected chi connectivity index (χ2v) is 5.25. The van der Waals surface area contributed by atoms with Gasteiger partial charge in [0.05, 0.1) is 0 Å². The van der Waals surface area contributed by atoms with E-state index in [0.29, 0.717) is 12.0 Å². The number of piperidine rings is 1. The lowest BCUT2D eigenvalue weighted by molar-refractivity contribution is -0.113. The van der Waals surface area contributed by atoms with Crippen LogP contribution in [0.4, 0.5) is 0 Å². The van der Waals surface area contributed by atoms with Gasteiger partial charge in [-0.1, -0.05) is 0 Å². The number of carbonyl (C=O) groups excluding carboxylic acids is 1. The van der Waals surface area contributed by atoms with E-state index in [0.717, 1.165) is 24.7 Å². The first-order valence-corrected chi connectivity index (χ1v) is 5.86. The van der Waals surface area contributed by atoms with Crippen LogP contribution >= 0.6 is 0 Å². The molecule has 1 saturated carbocycles. The number of aldehydes is 1. The van der Waals surface area contributed by atoms with Crippen LogP contribution in [0.1, 0.15) is 32.6 Å². The van der Waals surface area contributed by atoms with Crippen molar-refractivity contribution < 1.29 is 4.79 Å². The van der Waals surface area contributed by atoms with Crippen molar-refractivity contribution in [3.8, 4) is 0 Å². The molecule has 14 heavy (non-hydrogen) atoms. The SMILES string of the molecule is C[C@@H]1C[C@H]2C[C@@H](C=O)CC[C@H]2CN1C. The minimum absolute atomic E-state index is 0.367. The van der Waals surface area contributed by atoms with E-state index in [9.17, 15) is 4.79 Å². The van der Waals surface area contributed by atoms with Crippen molar-refractivity contribution in [2.75, 3.05) is 13.6 Å². The Hall–Kier alpha value is -0.370. The lowest BCUT2D eigenvalue weighted by atomic mass is 9.70. The highest BCUT2D eigenvalue weighted by atomic mass is 16.1. The van der Waals surface area contributed by atoms with E-state index in [1.54, 1.807) is 0 Å². The maximum absolute atomic E-state index is 10.8. The van der Waals surface area contributed by atoms with Gasteiger partial charge in [-0.3, -0.25) is 0 Å². The third-order valence-corrected chi connectivity index (χ3v) is 4.29. The minimum Gasteiger partial charge on any atom is -0.303 e. The minimum atomic E-state index is 0.367. The molecule has 2 rings (SSSR count). The molecular formula is C12H21NO. The van der Waals surface area contributed by atoms with E-state index in [2.05, 4.69) is 18.9 Å². The molecule has 1 heterocycles. The summed E-state index contributed by atoms with van der Waals surface area (Å²) in [6, 6.07) is 0.710. The van der Waals surface area contributed by atoms with E-state index in [-0.39, 0.29) is 0 Å². The first kappa shape index (κ1) is 10.2. The summed E-state index contributed by atoms with van der Waals surface area (Å²) >= 11 is 0. The molecular weight excluding hydrogens is 174 g/mol. The standard InChI is InChI=1S/C12H21NO/c1-9-5-12-6-10(8-14)3-4-11(12)7-13(9)2/h8-12H,3-7H2,1-2H3/t9-,10+,11+,12+/m1/s1. The van der Waals surface area contributed by atoms with Gasteiger partial charge in [-0.15, -0.1) is 0 Å². The molecule has 0 aromatic heterocycles. The quantitative estimate of drug-likeness (QED) is 0.596. The van der Waals surface area contributed by atoms with Crippen LogP contribution < -0.4 is 0 Å². The molecule has 0 aromatic rings. The molecule has 0 bridgehead atoms. The third-order valence-electron chi connectivity index (χ3n) is 4.29. The van der Waals surface area contributed by atoms with Gasteiger partial charge < -0.3 is 9.69 Å². The Bertz CT molecular complexity index is 216. The first-order chi connectivity index (χ1) is 6.70. The van der Waals surface area contributed by atoms with Crippen molar-refractivity contribution in [3.63, 3.8) is 0 Å². The van der Waals surface area contributed by atoms with E-state index in [1.165, 1.54) is 25.7 Å². The molecule has 0 unspecified atom stereocenters. The summed E-state index contributed by atoms with van der Waals surface area (Å²) in [5.74, 6) is 2.06. The molecule has 0 amide bonds. The fourth-order valence-electron chi connectivity index (χ4n) is 3.18. The van der Waals surface area contributed by atoms with Crippen LogP contribution in [0.5, 0.6) is 0 Å². The second kappa shape index (κ2) is 4.01. The van der Waals surface area contributed by atoms with E-state index < -0.39 is 0 Å². The lowest BCUT2D eigenvalue weighted by Crippen LogP contribution is -2.45. The van der Waals surface area contributed by atoms with Crippen LogP contribution in [0.2, 0.25) is 0 Å². The van der Waals surface area contributed by atoms with Gasteiger partial charge in [0.1, 0.15) is 6.29 Å². The fourth-order valence-corrected chi connectivity index (χ4v) is 3.18. The Morgan fingerprint density at radius 1 is 1.21 bits per heavy atom. The molecule has 0 N–H and O–H groups in total. The number of hydrogen-bond acceptors (Lipinski definition) is 2. The Labute approximate surface area is 86.7 Å². The molecule has 2 fully saturated rings. The molecule has 1 aliphatic carbocycles. The van der Waals surface area contributed by atoms with Crippen molar-refractivity contribution in [3.05, 3.63) is 0 Å². The van der Waals surface area contributed by atoms with E-state index in [4.69, 9.17) is 0 Å². The number of fused-ring (bicyclic) bond motifs is 1. The maximum atomic E-state index is 10.8. The molecule has 2 nitrogen and oxygen atoms in total. The highest BCUT2D eigenvalue weighted by molar-refractivity contribution is 5.53. The molecule has 4 atom stereocenters. The fraction of sp³-hybridized carbons (Fsp3) is 0.917. The smallest absolute Gasteiger partial charge is 0.123 e. The predicted molar refractivity (Wildman–Crippen MR) is 57.1 cm³/mol. The second-order valence-electron chi connectivity index (χ2n) is 5.25. The highest BCUT2D eigenvalue weighted by Crippen LogP contribution is 2.39. The first-order valence-electron chi connectivity index (χ1n) is 5.86. The average molecular weight is 195 g/mol. The van der Waals surface area contributed by atoms with Gasteiger partial charge in [-0.2, -0.15) is 0 Å². The van der Waals surface area contributed by atoms with Crippen LogP contribution in [-0.2, 0) is 4.79 Å². The summed E-state index contributed by atoms with van der Waals surface area (Å²) in [7, 11) is 2.23. The molecule has 0 aromatic carbocycles. The van der Waals surface area contributed by atoms with E-state index >= 15 is 0 Å². The van der Waals surface area contributed by atoms with Gasteiger partial charge in [-0.25, -0.2) is 0 Å². The number of carbonyl (C=O) groups is 1. The van der Waals surface area contributed by atoms with E-state index in [1.807, 2.05) is 0 Å². The summed E-state index contributed by atoms with van der Waals surface area (Å²) < 4.78 is 0. The average Bonchev–Trinajstić information content (AvgIpc) is 2.19. The third kappa shape index (κ3) is 1.85. The zero-order chi connectivity index (χ0) is 10.1. The number of hydrogen-bond donors (Lipinski definition) is 0. The van der Waals surface area contributed by atoms with Crippen LogP contribution in [0.25, 0.3) is 0 Å². The number of rotatable bonds is 1. The summed E-state index contributed by atoms with van der Waals surface area (Å²) in [5.41, 5.74) is 0. The Morgan fingerprint density at radius 2 is 2.00 bits per heavy atom. The zero-order valence-electron chi connectivity index (χ0n) is 9.28. The molecule has 0 spiro atoms.